The van der Waals surface area contributed by atoms with Crippen molar-refractivity contribution in [3.63, 3.8) is 0 Å². The summed E-state index contributed by atoms with van der Waals surface area (Å²) in [5, 5.41) is 7.83. The van der Waals surface area contributed by atoms with Crippen LogP contribution >= 0.6 is 0 Å². The Morgan fingerprint density at radius 1 is 1.33 bits per heavy atom. The Labute approximate surface area is 124 Å². The number of methoxy groups -OCH3 is 1. The van der Waals surface area contributed by atoms with Crippen molar-refractivity contribution in [2.45, 2.75) is 45.9 Å². The molecule has 0 fully saturated rings. The van der Waals surface area contributed by atoms with Gasteiger partial charge in [-0.05, 0) is 26.2 Å². The van der Waals surface area contributed by atoms with E-state index in [-0.39, 0.29) is 0 Å². The quantitative estimate of drug-likeness (QED) is 0.912. The van der Waals surface area contributed by atoms with Crippen LogP contribution in [0.15, 0.2) is 12.3 Å². The van der Waals surface area contributed by atoms with Crippen LogP contribution in [0.3, 0.4) is 0 Å². The van der Waals surface area contributed by atoms with Crippen LogP contribution in [0, 0.1) is 6.92 Å². The van der Waals surface area contributed by atoms with Crippen LogP contribution in [-0.2, 0) is 30.9 Å². The molecular formula is C15H21N5O. The third kappa shape index (κ3) is 3.21. The van der Waals surface area contributed by atoms with Crippen molar-refractivity contribution in [3.8, 4) is 0 Å². The van der Waals surface area contributed by atoms with Crippen LogP contribution in [0.2, 0.25) is 0 Å². The molecule has 0 unspecified atom stereocenters. The molecule has 0 spiro atoms. The molecule has 0 saturated heterocycles. The SMILES string of the molecule is COCc1nc(C)cc(NCc2cnn3c2CCCC3)n1. The molecule has 0 atom stereocenters. The molecule has 6 heteroatoms. The van der Waals surface area contributed by atoms with Crippen LogP contribution in [0.4, 0.5) is 5.82 Å². The first-order valence-electron chi connectivity index (χ1n) is 7.37. The van der Waals surface area contributed by atoms with Crippen molar-refractivity contribution in [1.29, 1.82) is 0 Å². The number of aromatic nitrogens is 4. The van der Waals surface area contributed by atoms with Crippen molar-refractivity contribution >= 4 is 5.82 Å². The molecule has 3 heterocycles. The van der Waals surface area contributed by atoms with Gasteiger partial charge in [0.05, 0.1) is 6.20 Å². The van der Waals surface area contributed by atoms with Gasteiger partial charge in [-0.1, -0.05) is 0 Å². The minimum Gasteiger partial charge on any atom is -0.377 e. The van der Waals surface area contributed by atoms with Gasteiger partial charge in [0, 0.05) is 43.2 Å². The molecule has 0 aliphatic carbocycles. The van der Waals surface area contributed by atoms with E-state index in [1.807, 2.05) is 19.2 Å². The lowest BCUT2D eigenvalue weighted by molar-refractivity contribution is 0.177. The minimum atomic E-state index is 0.430. The van der Waals surface area contributed by atoms with E-state index in [9.17, 15) is 0 Å². The zero-order chi connectivity index (χ0) is 14.7. The summed E-state index contributed by atoms with van der Waals surface area (Å²) >= 11 is 0. The van der Waals surface area contributed by atoms with Gasteiger partial charge in [-0.3, -0.25) is 4.68 Å². The molecule has 6 nitrogen and oxygen atoms in total. The van der Waals surface area contributed by atoms with Crippen LogP contribution < -0.4 is 5.32 Å². The van der Waals surface area contributed by atoms with E-state index in [4.69, 9.17) is 4.74 Å². The van der Waals surface area contributed by atoms with Gasteiger partial charge in [-0.25, -0.2) is 9.97 Å². The normalized spacial score (nSPS) is 14.0. The number of hydrogen-bond donors (Lipinski definition) is 1. The highest BCUT2D eigenvalue weighted by molar-refractivity contribution is 5.37. The Morgan fingerprint density at radius 2 is 2.24 bits per heavy atom. The Morgan fingerprint density at radius 3 is 3.10 bits per heavy atom. The lowest BCUT2D eigenvalue weighted by Crippen LogP contribution is -2.13. The third-order valence-corrected chi connectivity index (χ3v) is 3.70. The van der Waals surface area contributed by atoms with Crippen LogP contribution in [0.1, 0.15) is 35.6 Å². The zero-order valence-electron chi connectivity index (χ0n) is 12.6. The van der Waals surface area contributed by atoms with E-state index in [2.05, 4.69) is 25.1 Å². The zero-order valence-corrected chi connectivity index (χ0v) is 12.6. The fraction of sp³-hybridized carbons (Fsp3) is 0.533. The lowest BCUT2D eigenvalue weighted by atomic mass is 10.1. The number of ether oxygens (including phenoxy) is 1. The molecule has 1 aliphatic heterocycles. The van der Waals surface area contributed by atoms with E-state index in [1.54, 1.807) is 7.11 Å². The van der Waals surface area contributed by atoms with Gasteiger partial charge in [0.1, 0.15) is 12.4 Å². The van der Waals surface area contributed by atoms with E-state index < -0.39 is 0 Å². The monoisotopic (exact) mass is 287 g/mol. The van der Waals surface area contributed by atoms with Gasteiger partial charge in [0.2, 0.25) is 0 Å². The highest BCUT2D eigenvalue weighted by atomic mass is 16.5. The molecular weight excluding hydrogens is 266 g/mol. The van der Waals surface area contributed by atoms with Crippen molar-refractivity contribution in [2.24, 2.45) is 0 Å². The maximum atomic E-state index is 5.10. The fourth-order valence-electron chi connectivity index (χ4n) is 2.73. The van der Waals surface area contributed by atoms with Crippen molar-refractivity contribution in [1.82, 2.24) is 19.7 Å². The standard InChI is InChI=1S/C15H21N5O/c1-11-7-14(19-15(18-11)10-21-2)16-8-12-9-17-20-6-4-3-5-13(12)20/h7,9H,3-6,8,10H2,1-2H3,(H,16,18,19). The maximum Gasteiger partial charge on any atom is 0.156 e. The molecule has 21 heavy (non-hydrogen) atoms. The number of nitrogens with one attached hydrogen (secondary N) is 1. The second-order valence-corrected chi connectivity index (χ2v) is 5.39. The average molecular weight is 287 g/mol. The van der Waals surface area contributed by atoms with Gasteiger partial charge < -0.3 is 10.1 Å². The molecule has 1 N–H and O–H groups in total. The number of nitrogens with zero attached hydrogens (tertiary/aromatic N) is 4. The van der Waals surface area contributed by atoms with Crippen molar-refractivity contribution in [3.05, 3.63) is 35.0 Å². The van der Waals surface area contributed by atoms with Gasteiger partial charge in [-0.2, -0.15) is 5.10 Å². The van der Waals surface area contributed by atoms with Crippen LogP contribution in [0.5, 0.6) is 0 Å². The Bertz CT molecular complexity index is 623. The number of hydrogen-bond acceptors (Lipinski definition) is 5. The van der Waals surface area contributed by atoms with Crippen LogP contribution in [0.25, 0.3) is 0 Å². The second kappa shape index (κ2) is 6.22. The average Bonchev–Trinajstić information content (AvgIpc) is 2.88. The van der Waals surface area contributed by atoms with Crippen molar-refractivity contribution < 1.29 is 4.74 Å². The van der Waals surface area contributed by atoms with Gasteiger partial charge >= 0.3 is 0 Å². The summed E-state index contributed by atoms with van der Waals surface area (Å²) in [5.74, 6) is 1.54. The maximum absolute atomic E-state index is 5.10. The van der Waals surface area contributed by atoms with Crippen LogP contribution in [-0.4, -0.2) is 26.9 Å². The second-order valence-electron chi connectivity index (χ2n) is 5.39. The summed E-state index contributed by atoms with van der Waals surface area (Å²) in [4.78, 5) is 8.81. The number of aryl methyl sites for hydroxylation is 2. The molecule has 2 aromatic heterocycles. The number of rotatable bonds is 5. The summed E-state index contributed by atoms with van der Waals surface area (Å²) in [7, 11) is 1.65. The molecule has 3 rings (SSSR count). The molecule has 0 aromatic carbocycles. The predicted molar refractivity (Wildman–Crippen MR) is 80.0 cm³/mol. The van der Waals surface area contributed by atoms with E-state index in [1.165, 1.54) is 24.1 Å². The Kier molecular flexibility index (Phi) is 4.15. The Hall–Kier alpha value is -1.95. The summed E-state index contributed by atoms with van der Waals surface area (Å²) in [6.45, 7) is 4.19. The molecule has 1 aliphatic rings. The molecule has 0 bridgehead atoms. The van der Waals surface area contributed by atoms with E-state index >= 15 is 0 Å². The topological polar surface area (TPSA) is 64.9 Å². The predicted octanol–water partition coefficient (Wildman–Crippen LogP) is 2.08. The summed E-state index contributed by atoms with van der Waals surface area (Å²) < 4.78 is 7.22. The highest BCUT2D eigenvalue weighted by Crippen LogP contribution is 2.19. The third-order valence-electron chi connectivity index (χ3n) is 3.70. The summed E-state index contributed by atoms with van der Waals surface area (Å²) in [6.07, 6.45) is 5.57. The van der Waals surface area contributed by atoms with Gasteiger partial charge in [-0.15, -0.1) is 0 Å². The first-order valence-corrected chi connectivity index (χ1v) is 7.37. The largest absolute Gasteiger partial charge is 0.377 e. The Balaban J connectivity index is 1.71. The number of anilines is 1. The van der Waals surface area contributed by atoms with Crippen molar-refractivity contribution in [2.75, 3.05) is 12.4 Å². The highest BCUT2D eigenvalue weighted by Gasteiger charge is 2.14. The molecule has 0 radical (unpaired) electrons. The lowest BCUT2D eigenvalue weighted by Gasteiger charge is -2.15. The minimum absolute atomic E-state index is 0.430. The molecule has 2 aromatic rings. The molecule has 0 saturated carbocycles. The number of fused-ring (bicyclic) bond motifs is 1. The van der Waals surface area contributed by atoms with Gasteiger partial charge in [0.15, 0.2) is 5.82 Å². The van der Waals surface area contributed by atoms with E-state index in [0.29, 0.717) is 12.4 Å². The van der Waals surface area contributed by atoms with Gasteiger partial charge in [0.25, 0.3) is 0 Å². The summed E-state index contributed by atoms with van der Waals surface area (Å²) in [6, 6.07) is 1.95. The van der Waals surface area contributed by atoms with E-state index in [0.717, 1.165) is 31.0 Å². The fourth-order valence-corrected chi connectivity index (χ4v) is 2.73. The summed E-state index contributed by atoms with van der Waals surface area (Å²) in [5.41, 5.74) is 3.56. The molecule has 0 amide bonds. The first kappa shape index (κ1) is 14.0. The first-order chi connectivity index (χ1) is 10.3. The molecule has 112 valence electrons. The smallest absolute Gasteiger partial charge is 0.156 e.